The van der Waals surface area contributed by atoms with Gasteiger partial charge in [-0.25, -0.2) is 0 Å². The van der Waals surface area contributed by atoms with E-state index in [0.29, 0.717) is 28.0 Å². The van der Waals surface area contributed by atoms with Crippen molar-refractivity contribution in [1.82, 2.24) is 14.9 Å². The van der Waals surface area contributed by atoms with Gasteiger partial charge in [0.15, 0.2) is 17.3 Å². The van der Waals surface area contributed by atoms with Crippen LogP contribution in [0.25, 0.3) is 0 Å². The Bertz CT molecular complexity index is 701. The van der Waals surface area contributed by atoms with Gasteiger partial charge in [-0.1, -0.05) is 11.8 Å². The molecule has 20 heavy (non-hydrogen) atoms. The zero-order valence-corrected chi connectivity index (χ0v) is 11.9. The van der Waals surface area contributed by atoms with Gasteiger partial charge >= 0.3 is 0 Å². The summed E-state index contributed by atoms with van der Waals surface area (Å²) >= 11 is 1.43. The number of fused-ring (bicyclic) bond motifs is 1. The van der Waals surface area contributed by atoms with Crippen LogP contribution in [-0.2, 0) is 0 Å². The second-order valence-electron chi connectivity index (χ2n) is 4.01. The van der Waals surface area contributed by atoms with E-state index in [0.717, 1.165) is 0 Å². The number of thioether (sulfide) groups is 1. The van der Waals surface area contributed by atoms with E-state index in [1.165, 1.54) is 23.9 Å². The molecule has 0 fully saturated rings. The minimum absolute atomic E-state index is 0. The molecule has 1 aromatic heterocycles. The number of aryl methyl sites for hydroxylation is 1. The smallest absolute Gasteiger partial charge is 0.212 e. The molecule has 0 spiro atoms. The van der Waals surface area contributed by atoms with E-state index in [1.54, 1.807) is 11.6 Å². The van der Waals surface area contributed by atoms with Crippen LogP contribution < -0.4 is 0 Å². The van der Waals surface area contributed by atoms with Crippen molar-refractivity contribution in [3.63, 3.8) is 0 Å². The average Bonchev–Trinajstić information content (AvgIpc) is 2.78. The number of phenolic OH excluding ortho intramolecular Hbond substituents is 3. The van der Waals surface area contributed by atoms with E-state index in [-0.39, 0.29) is 23.9 Å². The Balaban J connectivity index is 0.00000147. The molecule has 106 valence electrons. The van der Waals surface area contributed by atoms with Crippen LogP contribution in [0, 0.1) is 6.92 Å². The molecule has 0 saturated heterocycles. The summed E-state index contributed by atoms with van der Waals surface area (Å²) < 4.78 is 1.58. The first-order valence-electron chi connectivity index (χ1n) is 5.45. The van der Waals surface area contributed by atoms with Crippen molar-refractivity contribution < 1.29 is 15.3 Å². The van der Waals surface area contributed by atoms with Crippen molar-refractivity contribution in [1.29, 1.82) is 0 Å². The first-order valence-corrected chi connectivity index (χ1v) is 6.43. The fourth-order valence-electron chi connectivity index (χ4n) is 1.76. The zero-order valence-electron chi connectivity index (χ0n) is 10.3. The fraction of sp³-hybridized carbons (Fsp3) is 0.182. The molecular formula is C11H11ClN4O3S. The van der Waals surface area contributed by atoms with Gasteiger partial charge in [-0.2, -0.15) is 9.78 Å². The molecule has 3 rings (SSSR count). The Kier molecular flexibility index (Phi) is 3.78. The van der Waals surface area contributed by atoms with Crippen molar-refractivity contribution in [3.05, 3.63) is 23.5 Å². The lowest BCUT2D eigenvalue weighted by Crippen LogP contribution is -2.14. The molecule has 0 bridgehead atoms. The summed E-state index contributed by atoms with van der Waals surface area (Å²) in [7, 11) is 0. The summed E-state index contributed by atoms with van der Waals surface area (Å²) in [5, 5.41) is 41.6. The number of halogens is 1. The van der Waals surface area contributed by atoms with Crippen LogP contribution in [0.3, 0.4) is 0 Å². The molecule has 2 aromatic rings. The van der Waals surface area contributed by atoms with Gasteiger partial charge in [0.2, 0.25) is 10.9 Å². The van der Waals surface area contributed by atoms with E-state index < -0.39 is 5.75 Å². The van der Waals surface area contributed by atoms with Crippen molar-refractivity contribution in [3.8, 4) is 17.2 Å². The lowest BCUT2D eigenvalue weighted by molar-refractivity contribution is 0.367. The minimum atomic E-state index is -0.545. The maximum Gasteiger partial charge on any atom is 0.212 e. The quantitative estimate of drug-likeness (QED) is 0.689. The van der Waals surface area contributed by atoms with Crippen LogP contribution >= 0.6 is 24.2 Å². The van der Waals surface area contributed by atoms with Gasteiger partial charge in [0.1, 0.15) is 0 Å². The third-order valence-corrected chi connectivity index (χ3v) is 3.70. The molecule has 0 radical (unpaired) electrons. The molecule has 0 atom stereocenters. The summed E-state index contributed by atoms with van der Waals surface area (Å²) in [6, 6.07) is 2.82. The van der Waals surface area contributed by atoms with Crippen LogP contribution in [0.2, 0.25) is 0 Å². The lowest BCUT2D eigenvalue weighted by Gasteiger charge is -2.14. The normalized spacial score (nSPS) is 13.3. The topological polar surface area (TPSA) is 104 Å². The Hall–Kier alpha value is -1.93. The number of aromatic hydroxyl groups is 3. The largest absolute Gasteiger partial charge is 0.504 e. The van der Waals surface area contributed by atoms with Crippen molar-refractivity contribution in [2.24, 2.45) is 5.10 Å². The molecule has 1 aliphatic rings. The van der Waals surface area contributed by atoms with E-state index in [2.05, 4.69) is 15.3 Å². The molecule has 0 unspecified atom stereocenters. The SMILES string of the molecule is Cc1nnc2n1N=C(c1ccc(O)c(O)c1O)CS2.Cl. The second kappa shape index (κ2) is 5.22. The average molecular weight is 315 g/mol. The Morgan fingerprint density at radius 3 is 2.65 bits per heavy atom. The molecule has 0 saturated carbocycles. The first kappa shape index (κ1) is 14.5. The highest BCUT2D eigenvalue weighted by molar-refractivity contribution is 7.99. The maximum absolute atomic E-state index is 9.86. The van der Waals surface area contributed by atoms with Gasteiger partial charge in [-0.05, 0) is 19.1 Å². The third kappa shape index (κ3) is 2.16. The fourth-order valence-corrected chi connectivity index (χ4v) is 2.63. The predicted octanol–water partition coefficient (Wildman–Crippen LogP) is 1.48. The summed E-state index contributed by atoms with van der Waals surface area (Å²) in [5.74, 6) is -0.158. The minimum Gasteiger partial charge on any atom is -0.504 e. The maximum atomic E-state index is 9.86. The number of aromatic nitrogens is 3. The zero-order chi connectivity index (χ0) is 13.6. The molecule has 9 heteroatoms. The van der Waals surface area contributed by atoms with Gasteiger partial charge in [0.05, 0.1) is 5.71 Å². The molecule has 0 amide bonds. The standard InChI is InChI=1S/C11H10N4O3S.ClH/c1-5-12-13-11-15(5)14-7(4-19-11)6-2-3-8(16)10(18)9(6)17;/h2-3,16-18H,4H2,1H3;1H. The van der Waals surface area contributed by atoms with Gasteiger partial charge in [0.25, 0.3) is 0 Å². The van der Waals surface area contributed by atoms with Crippen LogP contribution in [0.1, 0.15) is 11.4 Å². The summed E-state index contributed by atoms with van der Waals surface area (Å²) in [4.78, 5) is 0. The van der Waals surface area contributed by atoms with Crippen molar-refractivity contribution in [2.75, 3.05) is 5.75 Å². The van der Waals surface area contributed by atoms with Crippen LogP contribution in [0.5, 0.6) is 17.2 Å². The lowest BCUT2D eigenvalue weighted by atomic mass is 10.1. The highest BCUT2D eigenvalue weighted by Gasteiger charge is 2.22. The summed E-state index contributed by atoms with van der Waals surface area (Å²) in [5.41, 5.74) is 0.953. The van der Waals surface area contributed by atoms with Crippen LogP contribution in [0.4, 0.5) is 0 Å². The van der Waals surface area contributed by atoms with E-state index >= 15 is 0 Å². The third-order valence-electron chi connectivity index (χ3n) is 2.77. The van der Waals surface area contributed by atoms with Crippen molar-refractivity contribution in [2.45, 2.75) is 12.1 Å². The van der Waals surface area contributed by atoms with E-state index in [4.69, 9.17) is 0 Å². The Morgan fingerprint density at radius 2 is 1.90 bits per heavy atom. The Labute approximate surface area is 124 Å². The first-order chi connectivity index (χ1) is 9.08. The van der Waals surface area contributed by atoms with E-state index in [1.807, 2.05) is 0 Å². The number of nitrogens with zero attached hydrogens (tertiary/aromatic N) is 4. The predicted molar refractivity (Wildman–Crippen MR) is 76.1 cm³/mol. The number of hydrogen-bond donors (Lipinski definition) is 3. The van der Waals surface area contributed by atoms with Gasteiger partial charge < -0.3 is 15.3 Å². The Morgan fingerprint density at radius 1 is 1.15 bits per heavy atom. The highest BCUT2D eigenvalue weighted by Crippen LogP contribution is 2.38. The van der Waals surface area contributed by atoms with Gasteiger partial charge in [-0.3, -0.25) is 0 Å². The number of hydrogen-bond acceptors (Lipinski definition) is 7. The van der Waals surface area contributed by atoms with Gasteiger partial charge in [-0.15, -0.1) is 22.6 Å². The summed E-state index contributed by atoms with van der Waals surface area (Å²) in [6.45, 7) is 1.78. The number of rotatable bonds is 1. The molecular weight excluding hydrogens is 304 g/mol. The molecule has 1 aliphatic heterocycles. The molecule has 0 aliphatic carbocycles. The van der Waals surface area contributed by atoms with Crippen LogP contribution in [0.15, 0.2) is 22.4 Å². The van der Waals surface area contributed by atoms with E-state index in [9.17, 15) is 15.3 Å². The number of phenols is 3. The van der Waals surface area contributed by atoms with Crippen molar-refractivity contribution >= 4 is 29.9 Å². The van der Waals surface area contributed by atoms with Gasteiger partial charge in [0, 0.05) is 11.3 Å². The molecule has 1 aromatic carbocycles. The molecule has 7 nitrogen and oxygen atoms in total. The van der Waals surface area contributed by atoms with Crippen LogP contribution in [-0.4, -0.2) is 41.7 Å². The molecule has 3 N–H and O–H groups in total. The summed E-state index contributed by atoms with van der Waals surface area (Å²) in [6.07, 6.45) is 0. The molecule has 2 heterocycles. The second-order valence-corrected chi connectivity index (χ2v) is 4.95. The number of benzene rings is 1. The monoisotopic (exact) mass is 314 g/mol. The highest BCUT2D eigenvalue weighted by atomic mass is 35.5.